The number of sulfonamides is 1. The van der Waals surface area contributed by atoms with Crippen LogP contribution in [0.25, 0.3) is 16.7 Å². The zero-order valence-corrected chi connectivity index (χ0v) is 22.3. The largest absolute Gasteiger partial charge is 0.371 e. The van der Waals surface area contributed by atoms with Crippen LogP contribution < -0.4 is 9.62 Å². The third kappa shape index (κ3) is 4.74. The summed E-state index contributed by atoms with van der Waals surface area (Å²) in [6.07, 6.45) is 13.3. The number of piperidine rings is 1. The van der Waals surface area contributed by atoms with E-state index in [2.05, 4.69) is 9.62 Å². The summed E-state index contributed by atoms with van der Waals surface area (Å²) in [7, 11) is -3.72. The number of carbonyl (C=O) groups excluding carboxylic acids is 1. The molecule has 0 bridgehead atoms. The van der Waals surface area contributed by atoms with Gasteiger partial charge in [0.15, 0.2) is 5.65 Å². The van der Waals surface area contributed by atoms with Gasteiger partial charge in [0.05, 0.1) is 28.7 Å². The molecule has 196 valence electrons. The molecule has 1 amide bonds. The number of nitrogens with one attached hydrogen (secondary N) is 1. The first-order chi connectivity index (χ1) is 17.8. The van der Waals surface area contributed by atoms with Crippen LogP contribution in [0.2, 0.25) is 0 Å². The van der Waals surface area contributed by atoms with Gasteiger partial charge in [0.25, 0.3) is 5.91 Å². The van der Waals surface area contributed by atoms with Gasteiger partial charge in [0.2, 0.25) is 10.0 Å². The minimum Gasteiger partial charge on any atom is -0.371 e. The number of amides is 1. The molecular formula is C28H35N5O3S. The van der Waals surface area contributed by atoms with Crippen molar-refractivity contribution in [3.63, 3.8) is 0 Å². The topological polar surface area (TPSA) is 97.2 Å². The molecule has 0 unspecified atom stereocenters. The van der Waals surface area contributed by atoms with Gasteiger partial charge in [-0.3, -0.25) is 4.79 Å². The Hall–Kier alpha value is -2.94. The molecule has 0 radical (unpaired) electrons. The normalized spacial score (nSPS) is 20.2. The predicted molar refractivity (Wildman–Crippen MR) is 145 cm³/mol. The van der Waals surface area contributed by atoms with Gasteiger partial charge in [-0.2, -0.15) is 5.10 Å². The second kappa shape index (κ2) is 9.42. The van der Waals surface area contributed by atoms with Crippen molar-refractivity contribution in [1.29, 1.82) is 0 Å². The molecule has 8 nitrogen and oxygen atoms in total. The minimum atomic E-state index is -3.72. The van der Waals surface area contributed by atoms with Crippen LogP contribution in [0.5, 0.6) is 0 Å². The van der Waals surface area contributed by atoms with E-state index in [1.807, 2.05) is 35.0 Å². The lowest BCUT2D eigenvalue weighted by atomic mass is 9.68. The summed E-state index contributed by atoms with van der Waals surface area (Å²) >= 11 is 0. The summed E-state index contributed by atoms with van der Waals surface area (Å²) in [5, 5.41) is 6.08. The molecule has 3 aliphatic rings. The average molecular weight is 522 g/mol. The van der Waals surface area contributed by atoms with E-state index >= 15 is 0 Å². The zero-order chi connectivity index (χ0) is 25.6. The van der Waals surface area contributed by atoms with E-state index in [0.29, 0.717) is 17.0 Å². The van der Waals surface area contributed by atoms with Gasteiger partial charge >= 0.3 is 0 Å². The van der Waals surface area contributed by atoms with Crippen LogP contribution in [-0.4, -0.2) is 48.4 Å². The molecule has 1 spiro atoms. The lowest BCUT2D eigenvalue weighted by molar-refractivity contribution is 0.0977. The molecule has 2 aromatic heterocycles. The third-order valence-corrected chi connectivity index (χ3v) is 9.28. The molecule has 1 aromatic carbocycles. The Bertz CT molecular complexity index is 1410. The van der Waals surface area contributed by atoms with Crippen molar-refractivity contribution in [2.75, 3.05) is 24.2 Å². The summed E-state index contributed by atoms with van der Waals surface area (Å²) in [5.41, 5.74) is 4.03. The fourth-order valence-electron chi connectivity index (χ4n) is 6.45. The van der Waals surface area contributed by atoms with Crippen molar-refractivity contribution < 1.29 is 13.2 Å². The summed E-state index contributed by atoms with van der Waals surface area (Å²) in [4.78, 5) is 20.2. The maximum Gasteiger partial charge on any atom is 0.283 e. The molecule has 2 saturated carbocycles. The number of benzene rings is 1. The Morgan fingerprint density at radius 2 is 1.70 bits per heavy atom. The molecule has 6 rings (SSSR count). The maximum absolute atomic E-state index is 13.0. The van der Waals surface area contributed by atoms with Crippen molar-refractivity contribution in [3.8, 4) is 5.69 Å². The van der Waals surface area contributed by atoms with E-state index in [-0.39, 0.29) is 5.69 Å². The quantitative estimate of drug-likeness (QED) is 0.511. The SMILES string of the molecule is CS(=O)(=O)NC(=O)c1cc(N2CCC3(CCCCC3)CC2)c2c(C3CCC3)nn(-c3ccccc3)c2n1. The molecule has 1 aliphatic heterocycles. The van der Waals surface area contributed by atoms with Crippen LogP contribution in [-0.2, 0) is 10.0 Å². The summed E-state index contributed by atoms with van der Waals surface area (Å²) in [6, 6.07) is 11.6. The molecule has 1 saturated heterocycles. The Morgan fingerprint density at radius 3 is 2.32 bits per heavy atom. The van der Waals surface area contributed by atoms with Gasteiger partial charge in [0, 0.05) is 19.0 Å². The van der Waals surface area contributed by atoms with Crippen LogP contribution >= 0.6 is 0 Å². The summed E-state index contributed by atoms with van der Waals surface area (Å²) < 4.78 is 27.7. The smallest absolute Gasteiger partial charge is 0.283 e. The molecule has 9 heteroatoms. The van der Waals surface area contributed by atoms with Crippen LogP contribution in [0.1, 0.15) is 86.3 Å². The first-order valence-corrected chi connectivity index (χ1v) is 15.5. The fraction of sp³-hybridized carbons (Fsp3) is 0.536. The van der Waals surface area contributed by atoms with Crippen LogP contribution in [0.3, 0.4) is 0 Å². The monoisotopic (exact) mass is 521 g/mol. The minimum absolute atomic E-state index is 0.100. The van der Waals surface area contributed by atoms with Crippen molar-refractivity contribution in [2.45, 2.75) is 70.1 Å². The number of anilines is 1. The van der Waals surface area contributed by atoms with Crippen molar-refractivity contribution in [1.82, 2.24) is 19.5 Å². The molecule has 0 atom stereocenters. The third-order valence-electron chi connectivity index (χ3n) is 8.73. The number of fused-ring (bicyclic) bond motifs is 1. The Kier molecular flexibility index (Phi) is 6.21. The van der Waals surface area contributed by atoms with E-state index in [4.69, 9.17) is 10.1 Å². The second-order valence-corrected chi connectivity index (χ2v) is 13.0. The number of nitrogens with zero attached hydrogens (tertiary/aromatic N) is 4. The number of carbonyl (C=O) groups is 1. The summed E-state index contributed by atoms with van der Waals surface area (Å²) in [6.45, 7) is 1.85. The highest BCUT2D eigenvalue weighted by Gasteiger charge is 2.37. The highest BCUT2D eigenvalue weighted by Crippen LogP contribution is 2.47. The zero-order valence-electron chi connectivity index (χ0n) is 21.4. The van der Waals surface area contributed by atoms with Crippen molar-refractivity contribution in [2.24, 2.45) is 5.41 Å². The van der Waals surface area contributed by atoms with E-state index in [0.717, 1.165) is 67.5 Å². The number of aromatic nitrogens is 3. The van der Waals surface area contributed by atoms with E-state index in [9.17, 15) is 13.2 Å². The average Bonchev–Trinajstić information content (AvgIpc) is 3.22. The Labute approximate surface area is 218 Å². The highest BCUT2D eigenvalue weighted by atomic mass is 32.2. The van der Waals surface area contributed by atoms with Crippen LogP contribution in [0.15, 0.2) is 36.4 Å². The van der Waals surface area contributed by atoms with E-state index in [1.165, 1.54) is 38.5 Å². The van der Waals surface area contributed by atoms with Crippen molar-refractivity contribution >= 4 is 32.7 Å². The standard InChI is InChI=1S/C28H35N5O3S/c1-37(35,36)31-27(34)22-19-23(32-17-15-28(16-18-32)13-6-3-7-14-28)24-25(20-9-8-10-20)30-33(26(24)29-22)21-11-4-2-5-12-21/h2,4-5,11-12,19-20H,3,6-10,13-18H2,1H3,(H,31,34). The lowest BCUT2D eigenvalue weighted by Gasteiger charge is -2.45. The van der Waals surface area contributed by atoms with E-state index < -0.39 is 15.9 Å². The lowest BCUT2D eigenvalue weighted by Crippen LogP contribution is -2.41. The molecule has 3 fully saturated rings. The van der Waals surface area contributed by atoms with Gasteiger partial charge in [-0.25, -0.2) is 22.8 Å². The number of hydrogen-bond acceptors (Lipinski definition) is 6. The number of rotatable bonds is 5. The van der Waals surface area contributed by atoms with Gasteiger partial charge < -0.3 is 4.90 Å². The molecule has 3 heterocycles. The first kappa shape index (κ1) is 24.4. The van der Waals surface area contributed by atoms with Crippen LogP contribution in [0, 0.1) is 5.41 Å². The number of pyridine rings is 1. The fourth-order valence-corrected chi connectivity index (χ4v) is 6.89. The molecule has 37 heavy (non-hydrogen) atoms. The number of para-hydroxylation sites is 1. The molecule has 2 aliphatic carbocycles. The highest BCUT2D eigenvalue weighted by molar-refractivity contribution is 7.89. The van der Waals surface area contributed by atoms with Crippen LogP contribution in [0.4, 0.5) is 5.69 Å². The van der Waals surface area contributed by atoms with Crippen molar-refractivity contribution in [3.05, 3.63) is 47.8 Å². The first-order valence-electron chi connectivity index (χ1n) is 13.6. The Morgan fingerprint density at radius 1 is 1.00 bits per heavy atom. The van der Waals surface area contributed by atoms with E-state index in [1.54, 1.807) is 6.07 Å². The molecular weight excluding hydrogens is 486 g/mol. The molecule has 3 aromatic rings. The number of hydrogen-bond donors (Lipinski definition) is 1. The summed E-state index contributed by atoms with van der Waals surface area (Å²) in [5.74, 6) is -0.337. The second-order valence-electron chi connectivity index (χ2n) is 11.2. The van der Waals surface area contributed by atoms with Gasteiger partial charge in [-0.1, -0.05) is 43.9 Å². The molecule has 1 N–H and O–H groups in total. The predicted octanol–water partition coefficient (Wildman–Crippen LogP) is 4.93. The maximum atomic E-state index is 13.0. The van der Waals surface area contributed by atoms with Gasteiger partial charge in [-0.05, 0) is 62.1 Å². The van der Waals surface area contributed by atoms with Gasteiger partial charge in [-0.15, -0.1) is 0 Å². The Balaban J connectivity index is 1.49. The van der Waals surface area contributed by atoms with Gasteiger partial charge in [0.1, 0.15) is 5.69 Å².